The van der Waals surface area contributed by atoms with E-state index in [4.69, 9.17) is 0 Å². The summed E-state index contributed by atoms with van der Waals surface area (Å²) in [5.74, 6) is 28.5. The van der Waals surface area contributed by atoms with Crippen LogP contribution in [0.3, 0.4) is 0 Å². The van der Waals surface area contributed by atoms with Crippen LogP contribution in [0.15, 0.2) is 0 Å². The Kier molecular flexibility index (Phi) is 11.7. The van der Waals surface area contributed by atoms with E-state index >= 15 is 0 Å². The van der Waals surface area contributed by atoms with Crippen molar-refractivity contribution in [1.29, 1.82) is 0 Å². The number of hydrogen-bond donors (Lipinski definition) is 0. The first kappa shape index (κ1) is 44.5. The molecular weight excluding hydrogens is 805 g/mol. The highest BCUT2D eigenvalue weighted by Gasteiger charge is 3.15. The molecule has 0 saturated heterocycles. The van der Waals surface area contributed by atoms with Gasteiger partial charge >= 0.3 is 0 Å². The second-order valence-corrected chi connectivity index (χ2v) is 30.6. The normalized spacial score (nSPS) is 59.1. The van der Waals surface area contributed by atoms with Crippen LogP contribution in [-0.2, 0) is 0 Å². The molecule has 0 heterocycles. The summed E-state index contributed by atoms with van der Waals surface area (Å²) >= 11 is 0. The van der Waals surface area contributed by atoms with Gasteiger partial charge in [-0.3, -0.25) is 0 Å². The first-order valence-electron chi connectivity index (χ1n) is 33.3. The van der Waals surface area contributed by atoms with Gasteiger partial charge in [0, 0.05) is 0 Å². The minimum absolute atomic E-state index is 0.906. The minimum Gasteiger partial charge on any atom is -0.0533 e. The zero-order valence-corrected chi connectivity index (χ0v) is 43.9. The Labute approximate surface area is 414 Å². The van der Waals surface area contributed by atoms with E-state index in [1.807, 2.05) is 0 Å². The van der Waals surface area contributed by atoms with E-state index in [0.29, 0.717) is 0 Å². The SMILES string of the molecule is C12C3C4C1C1C2C3C41.C1C23C4C5C6C7C5C4C12C7C63.C1CC2CC3CCCC3(C1)C2.C1CCC2C3CCC2C(C1)C3.C1CCCC1.C1CCCCC1.C1CCCCCC1.C1CCCCCCC1. The topological polar surface area (TPSA) is 0 Å². The molecule has 22 rings (SSSR count). The lowest BCUT2D eigenvalue weighted by atomic mass is 9.01. The Hall–Kier alpha value is 0. The number of fused-ring (bicyclic) bond motifs is 11. The second kappa shape index (κ2) is 17.6. The summed E-state index contributed by atoms with van der Waals surface area (Å²) in [6.45, 7) is 0. The van der Waals surface area contributed by atoms with Crippen LogP contribution in [0.2, 0.25) is 0 Å². The van der Waals surface area contributed by atoms with Crippen LogP contribution >= 0.6 is 0 Å². The van der Waals surface area contributed by atoms with Crippen LogP contribution in [0.5, 0.6) is 0 Å². The number of rotatable bonds is 0. The van der Waals surface area contributed by atoms with Gasteiger partial charge in [-0.1, -0.05) is 205 Å². The minimum atomic E-state index is 0.906. The van der Waals surface area contributed by atoms with Crippen LogP contribution in [-0.4, -0.2) is 0 Å². The van der Waals surface area contributed by atoms with Gasteiger partial charge in [0.1, 0.15) is 0 Å². The Morgan fingerprint density at radius 2 is 0.597 bits per heavy atom. The zero-order valence-electron chi connectivity index (χ0n) is 43.9. The van der Waals surface area contributed by atoms with E-state index in [0.717, 1.165) is 22.2 Å². The average molecular weight is 912 g/mol. The van der Waals surface area contributed by atoms with Crippen LogP contribution in [0.4, 0.5) is 0 Å². The molecule has 0 nitrogen and oxygen atoms in total. The van der Waals surface area contributed by atoms with Gasteiger partial charge in [0.15, 0.2) is 0 Å². The molecule has 22 saturated carbocycles. The fraction of sp³-hybridized carbons (Fsp3) is 1.00. The predicted octanol–water partition coefficient (Wildman–Crippen LogP) is 19.1. The fourth-order valence-electron chi connectivity index (χ4n) is 26.9. The van der Waals surface area contributed by atoms with Gasteiger partial charge in [-0.05, 0) is 211 Å². The Balaban J connectivity index is 0.0000000710. The molecule has 22 fully saturated rings. The third-order valence-corrected chi connectivity index (χ3v) is 29.0. The molecule has 11 unspecified atom stereocenters. The van der Waals surface area contributed by atoms with Crippen molar-refractivity contribution in [2.75, 3.05) is 0 Å². The fourth-order valence-corrected chi connectivity index (χ4v) is 26.9. The van der Waals surface area contributed by atoms with Gasteiger partial charge in [0.2, 0.25) is 0 Å². The molecule has 6 bridgehead atoms. The summed E-state index contributed by atoms with van der Waals surface area (Å²) in [7, 11) is 0. The summed E-state index contributed by atoms with van der Waals surface area (Å²) in [6, 6.07) is 0. The van der Waals surface area contributed by atoms with Crippen LogP contribution in [0.25, 0.3) is 0 Å². The van der Waals surface area contributed by atoms with Crippen LogP contribution in [0.1, 0.15) is 270 Å². The summed E-state index contributed by atoms with van der Waals surface area (Å²) in [5, 5.41) is 0. The van der Waals surface area contributed by atoms with E-state index in [9.17, 15) is 0 Å². The second-order valence-electron chi connectivity index (χ2n) is 30.6. The number of hydrogen-bond acceptors (Lipinski definition) is 0. The van der Waals surface area contributed by atoms with Crippen molar-refractivity contribution < 1.29 is 0 Å². The molecule has 0 aliphatic heterocycles. The maximum absolute atomic E-state index is 1.74. The van der Waals surface area contributed by atoms with Gasteiger partial charge in [-0.2, -0.15) is 0 Å². The van der Waals surface area contributed by atoms with E-state index in [-0.39, 0.29) is 0 Å². The van der Waals surface area contributed by atoms with Gasteiger partial charge in [-0.15, -0.1) is 0 Å². The molecule has 0 amide bonds. The van der Waals surface area contributed by atoms with Crippen LogP contribution in [0, 0.1) is 146 Å². The molecule has 0 aromatic carbocycles. The summed E-state index contributed by atoms with van der Waals surface area (Å²) < 4.78 is 0. The molecule has 1 spiro atoms. The molecule has 374 valence electrons. The van der Waals surface area contributed by atoms with E-state index in [2.05, 4.69) is 0 Å². The highest BCUT2D eigenvalue weighted by molar-refractivity contribution is 5.61. The molecule has 22 aliphatic carbocycles. The first-order chi connectivity index (χ1) is 33.3. The molecule has 0 N–H and O–H groups in total. The predicted molar refractivity (Wildman–Crippen MR) is 278 cm³/mol. The molecule has 67 heavy (non-hydrogen) atoms. The monoisotopic (exact) mass is 911 g/mol. The molecule has 0 aromatic rings. The Bertz CT molecular complexity index is 1500. The van der Waals surface area contributed by atoms with Gasteiger partial charge in [0.05, 0.1) is 0 Å². The third kappa shape index (κ3) is 6.25. The van der Waals surface area contributed by atoms with Crippen molar-refractivity contribution >= 4 is 0 Å². The summed E-state index contributed by atoms with van der Waals surface area (Å²) in [5.41, 5.74) is 3.10. The zero-order chi connectivity index (χ0) is 43.9. The summed E-state index contributed by atoms with van der Waals surface area (Å²) in [6.07, 6.45) is 64.5. The molecule has 0 radical (unpaired) electrons. The molecule has 11 atom stereocenters. The quantitative estimate of drug-likeness (QED) is 0.168. The van der Waals surface area contributed by atoms with Crippen LogP contribution < -0.4 is 0 Å². The Morgan fingerprint density at radius 3 is 1.00 bits per heavy atom. The third-order valence-electron chi connectivity index (χ3n) is 29.0. The smallest absolute Gasteiger partial charge is 0.0161 e. The maximum Gasteiger partial charge on any atom is -0.0161 e. The maximum atomic E-state index is 1.74. The van der Waals surface area contributed by atoms with E-state index < -0.39 is 0 Å². The Morgan fingerprint density at radius 1 is 0.254 bits per heavy atom. The molecule has 0 heteroatoms. The molecular formula is C67H106. The van der Waals surface area contributed by atoms with Crippen molar-refractivity contribution in [2.24, 2.45) is 146 Å². The lowest BCUT2D eigenvalue weighted by Gasteiger charge is -3.03. The van der Waals surface area contributed by atoms with Crippen molar-refractivity contribution in [3.05, 3.63) is 0 Å². The van der Waals surface area contributed by atoms with Crippen molar-refractivity contribution in [3.8, 4) is 0 Å². The van der Waals surface area contributed by atoms with Crippen molar-refractivity contribution in [1.82, 2.24) is 0 Å². The van der Waals surface area contributed by atoms with Crippen molar-refractivity contribution in [2.45, 2.75) is 270 Å². The average Bonchev–Trinajstić information content (AvgIpc) is 3.76. The lowest BCUT2D eigenvalue weighted by molar-refractivity contribution is -0.565. The largest absolute Gasteiger partial charge is 0.0533 e. The first-order valence-corrected chi connectivity index (χ1v) is 33.3. The molecule has 0 aromatic heterocycles. The van der Waals surface area contributed by atoms with Crippen molar-refractivity contribution in [3.63, 3.8) is 0 Å². The molecule has 22 aliphatic rings. The van der Waals surface area contributed by atoms with Gasteiger partial charge in [0.25, 0.3) is 0 Å². The highest BCUT2D eigenvalue weighted by atomic mass is 15.2. The summed E-state index contributed by atoms with van der Waals surface area (Å²) in [4.78, 5) is 0. The lowest BCUT2D eigenvalue weighted by Crippen LogP contribution is -3.00. The van der Waals surface area contributed by atoms with E-state index in [1.165, 1.54) is 291 Å². The van der Waals surface area contributed by atoms with Gasteiger partial charge in [-0.25, -0.2) is 0 Å². The standard InChI is InChI=1S/C11H10.2C11H18.C8H8.C8H16.C7H14.C6H12.C5H10/c1-10-6-2-3-5-4(2)8(10)9(5)11(1,10)7(3)6;1-3-9-7-10-4-2-6-11(10,5-1)8-9;1-2-4-10-9-5-6-11(10)8(3-1)7-9;1-2-5-3(1)7-4(1)6(2)8(5)7;1-2-4-6-8-7-5-3-1;1-2-4-6-7-5-3-1;1-2-4-6-5-3-1;1-2-4-5-3-1/h2-9H,1H2;9-10H,1-8H2;8-11H,1-7H2;1-8H;1-8H2;1-7H2;1-6H2;1-5H2. The highest BCUT2D eigenvalue weighted by Crippen LogP contribution is 3.18. The van der Waals surface area contributed by atoms with Gasteiger partial charge < -0.3 is 0 Å². The van der Waals surface area contributed by atoms with E-state index in [1.54, 1.807) is 103 Å².